The van der Waals surface area contributed by atoms with E-state index in [0.717, 1.165) is 16.9 Å². The Labute approximate surface area is 130 Å². The molecule has 0 radical (unpaired) electrons. The molecule has 120 valence electrons. The first-order valence-corrected chi connectivity index (χ1v) is 7.59. The van der Waals surface area contributed by atoms with Gasteiger partial charge in [-0.2, -0.15) is 0 Å². The minimum atomic E-state index is -0.822. The highest BCUT2D eigenvalue weighted by atomic mass is 16.5. The van der Waals surface area contributed by atoms with Crippen LogP contribution in [0.3, 0.4) is 0 Å². The van der Waals surface area contributed by atoms with Crippen LogP contribution in [0.2, 0.25) is 0 Å². The molecule has 1 amide bonds. The standard InChI is InChI=1S/C17H23NO4/c1-11-8-12(2)13(3)15(9-11)22-7-5-16(19)18-6-4-14(10-18)17(20)21/h8-9,14H,4-7,10H2,1-3H3,(H,20,21)/t14-/m0/s1. The Bertz CT molecular complexity index is 582. The fourth-order valence-electron chi connectivity index (χ4n) is 2.75. The molecule has 5 nitrogen and oxygen atoms in total. The molecule has 0 saturated carbocycles. The molecule has 1 saturated heterocycles. The van der Waals surface area contributed by atoms with Crippen molar-refractivity contribution in [2.24, 2.45) is 5.92 Å². The third kappa shape index (κ3) is 3.78. The number of carbonyl (C=O) groups excluding carboxylic acids is 1. The molecule has 0 aliphatic carbocycles. The molecule has 0 unspecified atom stereocenters. The molecule has 5 heteroatoms. The van der Waals surface area contributed by atoms with Crippen molar-refractivity contribution in [1.29, 1.82) is 0 Å². The summed E-state index contributed by atoms with van der Waals surface area (Å²) in [6, 6.07) is 4.08. The molecule has 0 spiro atoms. The molecule has 0 bridgehead atoms. The van der Waals surface area contributed by atoms with Gasteiger partial charge in [-0.3, -0.25) is 9.59 Å². The number of ether oxygens (including phenoxy) is 1. The van der Waals surface area contributed by atoms with Crippen LogP contribution >= 0.6 is 0 Å². The summed E-state index contributed by atoms with van der Waals surface area (Å²) in [5, 5.41) is 8.96. The second-order valence-corrected chi connectivity index (χ2v) is 5.97. The van der Waals surface area contributed by atoms with E-state index in [-0.39, 0.29) is 12.3 Å². The van der Waals surface area contributed by atoms with Gasteiger partial charge in [0.1, 0.15) is 5.75 Å². The van der Waals surface area contributed by atoms with Crippen LogP contribution in [0.5, 0.6) is 5.75 Å². The number of carboxylic acids is 1. The molecule has 1 heterocycles. The minimum absolute atomic E-state index is 0.0363. The van der Waals surface area contributed by atoms with Crippen LogP contribution in [0.4, 0.5) is 0 Å². The molecular formula is C17H23NO4. The van der Waals surface area contributed by atoms with Crippen LogP contribution in [-0.2, 0) is 9.59 Å². The van der Waals surface area contributed by atoms with E-state index in [9.17, 15) is 9.59 Å². The Morgan fingerprint density at radius 2 is 2.05 bits per heavy atom. The monoisotopic (exact) mass is 305 g/mol. The lowest BCUT2D eigenvalue weighted by molar-refractivity contribution is -0.141. The molecule has 1 atom stereocenters. The SMILES string of the molecule is Cc1cc(C)c(C)c(OCCC(=O)N2CC[C@H](C(=O)O)C2)c1. The highest BCUT2D eigenvalue weighted by molar-refractivity contribution is 5.78. The van der Waals surface area contributed by atoms with E-state index < -0.39 is 11.9 Å². The summed E-state index contributed by atoms with van der Waals surface area (Å²) in [7, 11) is 0. The predicted molar refractivity (Wildman–Crippen MR) is 83.1 cm³/mol. The molecule has 1 N–H and O–H groups in total. The summed E-state index contributed by atoms with van der Waals surface area (Å²) < 4.78 is 5.74. The van der Waals surface area contributed by atoms with Gasteiger partial charge in [-0.1, -0.05) is 6.07 Å². The van der Waals surface area contributed by atoms with Gasteiger partial charge < -0.3 is 14.7 Å². The maximum absolute atomic E-state index is 12.1. The van der Waals surface area contributed by atoms with Crippen LogP contribution in [0.1, 0.15) is 29.5 Å². The smallest absolute Gasteiger partial charge is 0.308 e. The van der Waals surface area contributed by atoms with Gasteiger partial charge in [0.15, 0.2) is 0 Å². The van der Waals surface area contributed by atoms with Crippen LogP contribution in [0, 0.1) is 26.7 Å². The average Bonchev–Trinajstić information content (AvgIpc) is 2.94. The molecule has 1 aromatic rings. The van der Waals surface area contributed by atoms with Crippen molar-refractivity contribution in [2.45, 2.75) is 33.6 Å². The zero-order valence-electron chi connectivity index (χ0n) is 13.4. The Hall–Kier alpha value is -2.04. The molecule has 2 rings (SSSR count). The van der Waals surface area contributed by atoms with Gasteiger partial charge in [0, 0.05) is 13.1 Å². The van der Waals surface area contributed by atoms with E-state index in [1.54, 1.807) is 4.90 Å². The maximum Gasteiger partial charge on any atom is 0.308 e. The number of hydrogen-bond donors (Lipinski definition) is 1. The van der Waals surface area contributed by atoms with Crippen molar-refractivity contribution in [3.05, 3.63) is 28.8 Å². The number of carboxylic acid groups (broad SMARTS) is 1. The van der Waals surface area contributed by atoms with Gasteiger partial charge in [-0.15, -0.1) is 0 Å². The van der Waals surface area contributed by atoms with Gasteiger partial charge in [-0.25, -0.2) is 0 Å². The van der Waals surface area contributed by atoms with E-state index in [4.69, 9.17) is 9.84 Å². The first-order valence-electron chi connectivity index (χ1n) is 7.59. The number of rotatable bonds is 5. The van der Waals surface area contributed by atoms with Gasteiger partial charge >= 0.3 is 5.97 Å². The normalized spacial score (nSPS) is 17.6. The topological polar surface area (TPSA) is 66.8 Å². The van der Waals surface area contributed by atoms with Crippen molar-refractivity contribution in [1.82, 2.24) is 4.90 Å². The maximum atomic E-state index is 12.1. The van der Waals surface area contributed by atoms with Crippen molar-refractivity contribution >= 4 is 11.9 Å². The first-order chi connectivity index (χ1) is 10.4. The lowest BCUT2D eigenvalue weighted by atomic mass is 10.1. The summed E-state index contributed by atoms with van der Waals surface area (Å²) in [5.74, 6) is -0.468. The van der Waals surface area contributed by atoms with Gasteiger partial charge in [-0.05, 0) is 49.9 Å². The van der Waals surface area contributed by atoms with Gasteiger partial charge in [0.2, 0.25) is 5.91 Å². The van der Waals surface area contributed by atoms with E-state index in [1.165, 1.54) is 5.56 Å². The minimum Gasteiger partial charge on any atom is -0.493 e. The van der Waals surface area contributed by atoms with Gasteiger partial charge in [0.25, 0.3) is 0 Å². The van der Waals surface area contributed by atoms with E-state index in [0.29, 0.717) is 26.1 Å². The highest BCUT2D eigenvalue weighted by Crippen LogP contribution is 2.23. The zero-order chi connectivity index (χ0) is 16.3. The number of carbonyl (C=O) groups is 2. The lowest BCUT2D eigenvalue weighted by Crippen LogP contribution is -2.30. The Balaban J connectivity index is 1.84. The summed E-state index contributed by atoms with van der Waals surface area (Å²) in [6.07, 6.45) is 0.816. The number of benzene rings is 1. The Kier molecular flexibility index (Phi) is 5.06. The number of aliphatic carboxylic acids is 1. The third-order valence-electron chi connectivity index (χ3n) is 4.23. The molecule has 1 aliphatic rings. The van der Waals surface area contributed by atoms with E-state index >= 15 is 0 Å². The average molecular weight is 305 g/mol. The van der Waals surface area contributed by atoms with E-state index in [2.05, 4.69) is 6.07 Å². The summed E-state index contributed by atoms with van der Waals surface area (Å²) in [4.78, 5) is 24.6. The molecule has 0 aromatic heterocycles. The fourth-order valence-corrected chi connectivity index (χ4v) is 2.75. The largest absolute Gasteiger partial charge is 0.493 e. The molecular weight excluding hydrogens is 282 g/mol. The number of amides is 1. The number of likely N-dealkylation sites (tertiary alicyclic amines) is 1. The summed E-state index contributed by atoms with van der Waals surface area (Å²) >= 11 is 0. The van der Waals surface area contributed by atoms with Crippen molar-refractivity contribution in [2.75, 3.05) is 19.7 Å². The van der Waals surface area contributed by atoms with Crippen LogP contribution in [0.25, 0.3) is 0 Å². The molecule has 1 fully saturated rings. The highest BCUT2D eigenvalue weighted by Gasteiger charge is 2.30. The van der Waals surface area contributed by atoms with Crippen molar-refractivity contribution < 1.29 is 19.4 Å². The first kappa shape index (κ1) is 16.3. The second-order valence-electron chi connectivity index (χ2n) is 5.97. The Morgan fingerprint density at radius 1 is 1.32 bits per heavy atom. The van der Waals surface area contributed by atoms with Crippen LogP contribution < -0.4 is 4.74 Å². The van der Waals surface area contributed by atoms with E-state index in [1.807, 2.05) is 26.8 Å². The molecule has 22 heavy (non-hydrogen) atoms. The third-order valence-corrected chi connectivity index (χ3v) is 4.23. The zero-order valence-corrected chi connectivity index (χ0v) is 13.4. The quantitative estimate of drug-likeness (QED) is 0.906. The number of nitrogens with zero attached hydrogens (tertiary/aromatic N) is 1. The number of hydrogen-bond acceptors (Lipinski definition) is 3. The summed E-state index contributed by atoms with van der Waals surface area (Å²) in [6.45, 7) is 7.22. The van der Waals surface area contributed by atoms with Gasteiger partial charge in [0.05, 0.1) is 18.9 Å². The predicted octanol–water partition coefficient (Wildman–Crippen LogP) is 2.31. The lowest BCUT2D eigenvalue weighted by Gasteiger charge is -2.17. The van der Waals surface area contributed by atoms with Crippen molar-refractivity contribution in [3.63, 3.8) is 0 Å². The number of aryl methyl sites for hydroxylation is 2. The van der Waals surface area contributed by atoms with Crippen molar-refractivity contribution in [3.8, 4) is 5.75 Å². The molecule has 1 aromatic carbocycles. The van der Waals surface area contributed by atoms with Crippen LogP contribution in [-0.4, -0.2) is 41.6 Å². The molecule has 1 aliphatic heterocycles. The summed E-state index contributed by atoms with van der Waals surface area (Å²) in [5.41, 5.74) is 3.39. The fraction of sp³-hybridized carbons (Fsp3) is 0.529. The van der Waals surface area contributed by atoms with Crippen LogP contribution in [0.15, 0.2) is 12.1 Å². The Morgan fingerprint density at radius 3 is 2.68 bits per heavy atom. The second kappa shape index (κ2) is 6.81.